The summed E-state index contributed by atoms with van der Waals surface area (Å²) in [5.74, 6) is -0.0364. The molecule has 6 heteroatoms. The summed E-state index contributed by atoms with van der Waals surface area (Å²) in [5, 5.41) is 7.88. The largest absolute Gasteiger partial charge is 0.343 e. The van der Waals surface area contributed by atoms with Crippen LogP contribution in [0.4, 0.5) is 0 Å². The molecule has 0 radical (unpaired) electrons. The van der Waals surface area contributed by atoms with Crippen LogP contribution in [0.2, 0.25) is 0 Å². The van der Waals surface area contributed by atoms with Gasteiger partial charge in [-0.2, -0.15) is 5.10 Å². The van der Waals surface area contributed by atoms with Gasteiger partial charge in [0.05, 0.1) is 29.3 Å². The number of benzene rings is 1. The fourth-order valence-corrected chi connectivity index (χ4v) is 4.19. The van der Waals surface area contributed by atoms with Crippen molar-refractivity contribution >= 4 is 5.91 Å². The molecule has 0 fully saturated rings. The maximum Gasteiger partial charge on any atom is 0.255 e. The van der Waals surface area contributed by atoms with Crippen molar-refractivity contribution < 1.29 is 4.79 Å². The van der Waals surface area contributed by atoms with Crippen molar-refractivity contribution in [3.63, 3.8) is 0 Å². The molecule has 3 heterocycles. The molecule has 28 heavy (non-hydrogen) atoms. The smallest absolute Gasteiger partial charge is 0.255 e. The molecule has 0 bridgehead atoms. The van der Waals surface area contributed by atoms with E-state index in [1.807, 2.05) is 22.4 Å². The van der Waals surface area contributed by atoms with E-state index in [1.165, 1.54) is 11.1 Å². The monoisotopic (exact) mass is 377 g/mol. The zero-order valence-corrected chi connectivity index (χ0v) is 16.8. The van der Waals surface area contributed by atoms with Crippen LogP contribution < -0.4 is 5.32 Å². The van der Waals surface area contributed by atoms with Gasteiger partial charge in [-0.05, 0) is 51.2 Å². The van der Waals surface area contributed by atoms with Gasteiger partial charge in [-0.25, -0.2) is 4.98 Å². The second-order valence-corrected chi connectivity index (χ2v) is 7.73. The van der Waals surface area contributed by atoms with E-state index in [0.29, 0.717) is 6.54 Å². The molecule has 0 saturated carbocycles. The van der Waals surface area contributed by atoms with E-state index < -0.39 is 0 Å². The van der Waals surface area contributed by atoms with Crippen molar-refractivity contribution in [2.24, 2.45) is 0 Å². The minimum absolute atomic E-state index is 0.0364. The Labute approximate surface area is 165 Å². The van der Waals surface area contributed by atoms with Gasteiger partial charge in [-0.1, -0.05) is 23.8 Å². The number of nitrogens with zero attached hydrogens (tertiary/aromatic N) is 4. The predicted octanol–water partition coefficient (Wildman–Crippen LogP) is 3.51. The van der Waals surface area contributed by atoms with Gasteiger partial charge < -0.3 is 9.88 Å². The standard InChI is InChI=1S/C22H27N5O/c1-15-7-8-18(16(2)12-15)19(13-26-11-9-23-14-26)24-22(28)21-17(3)25-27-10-5-4-6-20(21)27/h7-9,11-12,14,19H,4-6,10,13H2,1-3H3,(H,24,28). The summed E-state index contributed by atoms with van der Waals surface area (Å²) in [6, 6.07) is 6.24. The van der Waals surface area contributed by atoms with Crippen molar-refractivity contribution in [2.75, 3.05) is 0 Å². The fourth-order valence-electron chi connectivity index (χ4n) is 4.19. The molecule has 1 unspecified atom stereocenters. The zero-order chi connectivity index (χ0) is 19.7. The summed E-state index contributed by atoms with van der Waals surface area (Å²) in [7, 11) is 0. The Kier molecular flexibility index (Phi) is 5.03. The minimum Gasteiger partial charge on any atom is -0.343 e. The maximum atomic E-state index is 13.3. The highest BCUT2D eigenvalue weighted by Crippen LogP contribution is 2.25. The second kappa shape index (κ2) is 7.62. The number of amides is 1. The maximum absolute atomic E-state index is 13.3. The quantitative estimate of drug-likeness (QED) is 0.740. The number of imidazole rings is 1. The van der Waals surface area contributed by atoms with Crippen molar-refractivity contribution in [3.8, 4) is 0 Å². The van der Waals surface area contributed by atoms with Gasteiger partial charge in [-0.15, -0.1) is 0 Å². The number of carbonyl (C=O) groups excluding carboxylic acids is 1. The van der Waals surface area contributed by atoms with Crippen LogP contribution >= 0.6 is 0 Å². The van der Waals surface area contributed by atoms with Crippen LogP contribution in [0.5, 0.6) is 0 Å². The number of fused-ring (bicyclic) bond motifs is 1. The van der Waals surface area contributed by atoms with Crippen LogP contribution in [0.3, 0.4) is 0 Å². The normalized spacial score (nSPS) is 14.5. The van der Waals surface area contributed by atoms with Crippen LogP contribution in [-0.4, -0.2) is 25.2 Å². The van der Waals surface area contributed by atoms with E-state index in [-0.39, 0.29) is 11.9 Å². The Balaban J connectivity index is 1.66. The molecule has 1 aliphatic rings. The molecule has 0 aliphatic carbocycles. The van der Waals surface area contributed by atoms with E-state index >= 15 is 0 Å². The van der Waals surface area contributed by atoms with Crippen LogP contribution in [0.1, 0.15) is 57.3 Å². The third kappa shape index (κ3) is 3.59. The van der Waals surface area contributed by atoms with Gasteiger partial charge >= 0.3 is 0 Å². The number of hydrogen-bond donors (Lipinski definition) is 1. The van der Waals surface area contributed by atoms with Crippen LogP contribution in [-0.2, 0) is 19.5 Å². The highest BCUT2D eigenvalue weighted by atomic mass is 16.1. The summed E-state index contributed by atoms with van der Waals surface area (Å²) < 4.78 is 4.01. The number of aryl methyl sites for hydroxylation is 4. The second-order valence-electron chi connectivity index (χ2n) is 7.73. The molecule has 6 nitrogen and oxygen atoms in total. The SMILES string of the molecule is Cc1ccc(C(Cn2ccnc2)NC(=O)c2c(C)nn3c2CCCC3)c(C)c1. The van der Waals surface area contributed by atoms with Crippen molar-refractivity contribution in [2.45, 2.75) is 59.2 Å². The Morgan fingerprint density at radius 3 is 2.86 bits per heavy atom. The Hall–Kier alpha value is -2.89. The number of rotatable bonds is 5. The van der Waals surface area contributed by atoms with Crippen LogP contribution in [0, 0.1) is 20.8 Å². The summed E-state index contributed by atoms with van der Waals surface area (Å²) in [5.41, 5.74) is 6.17. The lowest BCUT2D eigenvalue weighted by molar-refractivity contribution is 0.0930. The highest BCUT2D eigenvalue weighted by molar-refractivity contribution is 5.96. The summed E-state index contributed by atoms with van der Waals surface area (Å²) >= 11 is 0. The first-order chi connectivity index (χ1) is 13.5. The van der Waals surface area contributed by atoms with E-state index in [2.05, 4.69) is 47.4 Å². The van der Waals surface area contributed by atoms with Gasteiger partial charge in [0.2, 0.25) is 0 Å². The molecule has 0 saturated heterocycles. The van der Waals surface area contributed by atoms with Crippen molar-refractivity contribution in [1.29, 1.82) is 0 Å². The lowest BCUT2D eigenvalue weighted by atomic mass is 9.98. The molecular formula is C22H27N5O. The topological polar surface area (TPSA) is 64.7 Å². The van der Waals surface area contributed by atoms with E-state index in [0.717, 1.165) is 48.3 Å². The molecule has 2 aromatic heterocycles. The highest BCUT2D eigenvalue weighted by Gasteiger charge is 2.26. The number of nitrogens with one attached hydrogen (secondary N) is 1. The first-order valence-corrected chi connectivity index (χ1v) is 9.93. The Morgan fingerprint density at radius 2 is 2.11 bits per heavy atom. The van der Waals surface area contributed by atoms with Crippen molar-refractivity contribution in [3.05, 3.63) is 70.6 Å². The molecule has 4 rings (SSSR count). The molecule has 0 spiro atoms. The average Bonchev–Trinajstić information content (AvgIpc) is 3.27. The van der Waals surface area contributed by atoms with Gasteiger partial charge in [0.15, 0.2) is 0 Å². The van der Waals surface area contributed by atoms with Gasteiger partial charge in [0.1, 0.15) is 0 Å². The van der Waals surface area contributed by atoms with Gasteiger partial charge in [0.25, 0.3) is 5.91 Å². The minimum atomic E-state index is -0.138. The molecular weight excluding hydrogens is 350 g/mol. The number of hydrogen-bond acceptors (Lipinski definition) is 3. The Morgan fingerprint density at radius 1 is 1.25 bits per heavy atom. The van der Waals surface area contributed by atoms with Gasteiger partial charge in [-0.3, -0.25) is 9.48 Å². The summed E-state index contributed by atoms with van der Waals surface area (Å²) in [4.78, 5) is 17.4. The predicted molar refractivity (Wildman–Crippen MR) is 108 cm³/mol. The van der Waals surface area contributed by atoms with Crippen LogP contribution in [0.15, 0.2) is 36.9 Å². The Bertz CT molecular complexity index is 987. The summed E-state index contributed by atoms with van der Waals surface area (Å²) in [6.07, 6.45) is 8.63. The fraction of sp³-hybridized carbons (Fsp3) is 0.409. The molecule has 1 aromatic carbocycles. The molecule has 1 amide bonds. The molecule has 146 valence electrons. The lowest BCUT2D eigenvalue weighted by Gasteiger charge is -2.22. The number of carbonyl (C=O) groups is 1. The lowest BCUT2D eigenvalue weighted by Crippen LogP contribution is -2.33. The third-order valence-electron chi connectivity index (χ3n) is 5.55. The molecule has 1 aliphatic heterocycles. The van der Waals surface area contributed by atoms with E-state index in [4.69, 9.17) is 0 Å². The average molecular weight is 377 g/mol. The van der Waals surface area contributed by atoms with Crippen LogP contribution in [0.25, 0.3) is 0 Å². The molecule has 1 N–H and O–H groups in total. The molecule has 3 aromatic rings. The van der Waals surface area contributed by atoms with E-state index in [1.54, 1.807) is 12.5 Å². The van der Waals surface area contributed by atoms with Gasteiger partial charge in [0, 0.05) is 25.5 Å². The third-order valence-corrected chi connectivity index (χ3v) is 5.55. The number of aromatic nitrogens is 4. The first kappa shape index (κ1) is 18.5. The van der Waals surface area contributed by atoms with E-state index in [9.17, 15) is 4.79 Å². The first-order valence-electron chi connectivity index (χ1n) is 9.93. The zero-order valence-electron chi connectivity index (χ0n) is 16.8. The molecule has 1 atom stereocenters. The summed E-state index contributed by atoms with van der Waals surface area (Å²) in [6.45, 7) is 7.66. The van der Waals surface area contributed by atoms with Crippen molar-refractivity contribution in [1.82, 2.24) is 24.6 Å².